The lowest BCUT2D eigenvalue weighted by molar-refractivity contribution is -0.136. The molecule has 0 saturated heterocycles. The van der Waals surface area contributed by atoms with Gasteiger partial charge in [0, 0.05) is 10.8 Å². The number of nitrogens with zero attached hydrogens (tertiary/aromatic N) is 1. The fourth-order valence-electron chi connectivity index (χ4n) is 3.47. The maximum atomic E-state index is 13.4. The highest BCUT2D eigenvalue weighted by Gasteiger charge is 2.34. The highest BCUT2D eigenvalue weighted by Crippen LogP contribution is 2.44. The minimum Gasteiger partial charge on any atom is -0.453 e. The smallest absolute Gasteiger partial charge is 0.420 e. The van der Waals surface area contributed by atoms with Gasteiger partial charge >= 0.3 is 6.18 Å². The lowest BCUT2D eigenvalue weighted by atomic mass is 10.0. The maximum Gasteiger partial charge on any atom is 0.420 e. The molecule has 0 fully saturated rings. The van der Waals surface area contributed by atoms with E-state index in [4.69, 9.17) is 4.42 Å². The number of para-hydroxylation sites is 3. The van der Waals surface area contributed by atoms with Crippen LogP contribution in [0.3, 0.4) is 0 Å². The van der Waals surface area contributed by atoms with Gasteiger partial charge in [-0.1, -0.05) is 56.3 Å². The van der Waals surface area contributed by atoms with Crippen LogP contribution in [0.2, 0.25) is 0 Å². The Labute approximate surface area is 174 Å². The molecule has 0 radical (unpaired) electrons. The van der Waals surface area contributed by atoms with Crippen LogP contribution in [0.5, 0.6) is 0 Å². The molecule has 4 rings (SSSR count). The van der Waals surface area contributed by atoms with E-state index in [-0.39, 0.29) is 5.58 Å². The zero-order chi connectivity index (χ0) is 20.1. The predicted molar refractivity (Wildman–Crippen MR) is 115 cm³/mol. The van der Waals surface area contributed by atoms with Gasteiger partial charge in [0.2, 0.25) is 0 Å². The summed E-state index contributed by atoms with van der Waals surface area (Å²) in [7, 11) is 0. The van der Waals surface area contributed by atoms with Crippen LogP contribution in [0.15, 0.2) is 65.1 Å². The minimum absolute atomic E-state index is 0.126. The number of rotatable bonds is 3. The number of fused-ring (bicyclic) bond motifs is 3. The normalized spacial score (nSPS) is 12.2. The number of anilines is 2. The molecular formula is C22H17F3INO. The summed E-state index contributed by atoms with van der Waals surface area (Å²) >= 11 is 2.18. The summed E-state index contributed by atoms with van der Waals surface area (Å²) in [5.74, 6) is 0.306. The molecule has 0 N–H and O–H groups in total. The van der Waals surface area contributed by atoms with E-state index in [1.165, 1.54) is 6.07 Å². The van der Waals surface area contributed by atoms with Crippen molar-refractivity contribution in [1.82, 2.24) is 0 Å². The van der Waals surface area contributed by atoms with Crippen LogP contribution >= 0.6 is 22.9 Å². The third-order valence-electron chi connectivity index (χ3n) is 4.79. The zero-order valence-corrected chi connectivity index (χ0v) is 17.4. The van der Waals surface area contributed by atoms with E-state index in [9.17, 15) is 13.2 Å². The van der Waals surface area contributed by atoms with Gasteiger partial charge in [0.05, 0.1) is 39.8 Å². The molecule has 6 heteroatoms. The van der Waals surface area contributed by atoms with E-state index in [0.717, 1.165) is 23.0 Å². The van der Waals surface area contributed by atoms with E-state index >= 15 is 0 Å². The van der Waals surface area contributed by atoms with E-state index in [1.807, 2.05) is 33.4 Å². The topological polar surface area (TPSA) is 16.4 Å². The Morgan fingerprint density at radius 3 is 2.11 bits per heavy atom. The van der Waals surface area contributed by atoms with Crippen molar-refractivity contribution in [3.8, 4) is 0 Å². The van der Waals surface area contributed by atoms with Crippen molar-refractivity contribution in [3.05, 3.63) is 71.8 Å². The number of furan rings is 1. The fourth-order valence-corrected chi connectivity index (χ4v) is 4.29. The minimum atomic E-state index is -4.47. The first-order valence-electron chi connectivity index (χ1n) is 8.85. The number of hydrogen-bond acceptors (Lipinski definition) is 2. The number of benzene rings is 3. The molecule has 3 aromatic carbocycles. The highest BCUT2D eigenvalue weighted by atomic mass is 127. The van der Waals surface area contributed by atoms with Crippen molar-refractivity contribution < 1.29 is 17.6 Å². The molecule has 2 nitrogen and oxygen atoms in total. The van der Waals surface area contributed by atoms with Crippen molar-refractivity contribution in [2.75, 3.05) is 3.11 Å². The second-order valence-electron chi connectivity index (χ2n) is 6.93. The Morgan fingerprint density at radius 1 is 0.821 bits per heavy atom. The molecule has 0 spiro atoms. The molecule has 0 bridgehead atoms. The summed E-state index contributed by atoms with van der Waals surface area (Å²) in [4.78, 5) is 0. The van der Waals surface area contributed by atoms with Crippen LogP contribution < -0.4 is 3.11 Å². The molecule has 1 aromatic heterocycles. The summed E-state index contributed by atoms with van der Waals surface area (Å²) in [6.07, 6.45) is -4.47. The van der Waals surface area contributed by atoms with Crippen LogP contribution in [-0.2, 0) is 6.18 Å². The maximum absolute atomic E-state index is 13.4. The van der Waals surface area contributed by atoms with Crippen LogP contribution in [0, 0.1) is 0 Å². The van der Waals surface area contributed by atoms with E-state index in [0.29, 0.717) is 22.3 Å². The molecule has 1 heterocycles. The van der Waals surface area contributed by atoms with E-state index < -0.39 is 11.7 Å². The molecule has 0 saturated carbocycles. The Morgan fingerprint density at radius 2 is 1.43 bits per heavy atom. The number of hydrogen-bond donors (Lipinski definition) is 0. The van der Waals surface area contributed by atoms with Gasteiger partial charge in [-0.05, 0) is 29.7 Å². The summed E-state index contributed by atoms with van der Waals surface area (Å²) in [5.41, 5.74) is 2.43. The molecule has 0 atom stereocenters. The van der Waals surface area contributed by atoms with Crippen LogP contribution in [-0.4, -0.2) is 0 Å². The molecule has 28 heavy (non-hydrogen) atoms. The first-order chi connectivity index (χ1) is 13.3. The second-order valence-corrected chi connectivity index (χ2v) is 7.90. The van der Waals surface area contributed by atoms with Gasteiger partial charge in [-0.3, -0.25) is 3.11 Å². The van der Waals surface area contributed by atoms with Gasteiger partial charge in [0.25, 0.3) is 0 Å². The Kier molecular flexibility index (Phi) is 4.77. The predicted octanol–water partition coefficient (Wildman–Crippen LogP) is 8.22. The van der Waals surface area contributed by atoms with Gasteiger partial charge < -0.3 is 4.42 Å². The lowest BCUT2D eigenvalue weighted by Crippen LogP contribution is -2.05. The highest BCUT2D eigenvalue weighted by molar-refractivity contribution is 14.1. The van der Waals surface area contributed by atoms with Crippen LogP contribution in [0.25, 0.3) is 21.9 Å². The molecule has 0 amide bonds. The quantitative estimate of drug-likeness (QED) is 0.210. The van der Waals surface area contributed by atoms with Gasteiger partial charge in [0.15, 0.2) is 5.58 Å². The van der Waals surface area contributed by atoms with Crippen molar-refractivity contribution >= 4 is 56.2 Å². The van der Waals surface area contributed by atoms with Gasteiger partial charge in [-0.2, -0.15) is 13.2 Å². The lowest BCUT2D eigenvalue weighted by Gasteiger charge is -2.22. The fraction of sp³-hybridized carbons (Fsp3) is 0.182. The summed E-state index contributed by atoms with van der Waals surface area (Å²) in [6.45, 7) is 4.22. The largest absolute Gasteiger partial charge is 0.453 e. The summed E-state index contributed by atoms with van der Waals surface area (Å²) in [5, 5.41) is 1.14. The SMILES string of the molecule is CC(C)c1ccccc1N(I)c1cccc2c1oc1c(C(F)(F)F)cccc12. The van der Waals surface area contributed by atoms with Crippen LogP contribution in [0.4, 0.5) is 24.5 Å². The Bertz CT molecular complexity index is 1160. The average molecular weight is 495 g/mol. The van der Waals surface area contributed by atoms with Crippen molar-refractivity contribution in [2.45, 2.75) is 25.9 Å². The second kappa shape index (κ2) is 6.99. The van der Waals surface area contributed by atoms with Crippen molar-refractivity contribution in [3.63, 3.8) is 0 Å². The Balaban J connectivity index is 1.97. The molecular weight excluding hydrogens is 478 g/mol. The van der Waals surface area contributed by atoms with Crippen molar-refractivity contribution in [2.24, 2.45) is 0 Å². The van der Waals surface area contributed by atoms with Gasteiger partial charge in [-0.25, -0.2) is 0 Å². The molecule has 0 unspecified atom stereocenters. The standard InChI is InChI=1S/C22H17F3INO/c1-13(2)14-7-3-4-11-18(14)27(26)19-12-6-9-16-15-8-5-10-17(22(23,24)25)20(15)28-21(16)19/h3-13H,1-2H3. The average Bonchev–Trinajstić information content (AvgIpc) is 3.05. The summed E-state index contributed by atoms with van der Waals surface area (Å²) < 4.78 is 48.1. The third kappa shape index (κ3) is 3.13. The summed E-state index contributed by atoms with van der Waals surface area (Å²) in [6, 6.07) is 17.6. The molecule has 4 aromatic rings. The number of alkyl halides is 3. The zero-order valence-electron chi connectivity index (χ0n) is 15.2. The monoisotopic (exact) mass is 495 g/mol. The molecule has 0 aliphatic rings. The third-order valence-corrected chi connectivity index (χ3v) is 5.83. The van der Waals surface area contributed by atoms with Gasteiger partial charge in [0.1, 0.15) is 5.58 Å². The van der Waals surface area contributed by atoms with Crippen molar-refractivity contribution in [1.29, 1.82) is 0 Å². The first kappa shape index (κ1) is 19.1. The Hall–Kier alpha value is -2.22. The number of halogens is 4. The first-order valence-corrected chi connectivity index (χ1v) is 9.82. The molecule has 144 valence electrons. The van der Waals surface area contributed by atoms with E-state index in [2.05, 4.69) is 42.8 Å². The molecule has 0 aliphatic carbocycles. The van der Waals surface area contributed by atoms with E-state index in [1.54, 1.807) is 12.1 Å². The molecule has 0 aliphatic heterocycles. The van der Waals surface area contributed by atoms with Crippen LogP contribution in [0.1, 0.15) is 30.9 Å². The van der Waals surface area contributed by atoms with Gasteiger partial charge in [-0.15, -0.1) is 0 Å².